The van der Waals surface area contributed by atoms with Crippen LogP contribution in [0.25, 0.3) is 16.7 Å². The van der Waals surface area contributed by atoms with Crippen molar-refractivity contribution in [3.8, 4) is 0 Å². The number of hydrogen-bond acceptors (Lipinski definition) is 5. The van der Waals surface area contributed by atoms with Crippen LogP contribution in [0.3, 0.4) is 0 Å². The van der Waals surface area contributed by atoms with E-state index in [-0.39, 0.29) is 4.90 Å². The summed E-state index contributed by atoms with van der Waals surface area (Å²) in [6.45, 7) is 4.07. The van der Waals surface area contributed by atoms with Crippen molar-refractivity contribution in [1.29, 1.82) is 0 Å². The molecule has 4 rings (SSSR count). The van der Waals surface area contributed by atoms with Gasteiger partial charge in [-0.1, -0.05) is 37.3 Å². The lowest BCUT2D eigenvalue weighted by molar-refractivity contribution is 0.589. The average molecular weight is 381 g/mol. The fourth-order valence-electron chi connectivity index (χ4n) is 3.14. The topological polar surface area (TPSA) is 80.5 Å². The van der Waals surface area contributed by atoms with Crippen LogP contribution in [-0.4, -0.2) is 34.5 Å². The lowest BCUT2D eigenvalue weighted by Crippen LogP contribution is -2.33. The number of aryl methyl sites for hydroxylation is 1. The molecule has 0 saturated heterocycles. The highest BCUT2D eigenvalue weighted by molar-refractivity contribution is 7.92. The molecule has 2 aromatic carbocycles. The van der Waals surface area contributed by atoms with Crippen molar-refractivity contribution in [2.45, 2.75) is 25.2 Å². The fourth-order valence-corrected chi connectivity index (χ4v) is 4.67. The normalized spacial score (nSPS) is 11.9. The van der Waals surface area contributed by atoms with Crippen LogP contribution in [0.4, 0.5) is 5.82 Å². The molecule has 0 radical (unpaired) electrons. The van der Waals surface area contributed by atoms with Crippen LogP contribution in [0, 0.1) is 6.92 Å². The predicted octanol–water partition coefficient (Wildman–Crippen LogP) is 3.19. The first-order valence-corrected chi connectivity index (χ1v) is 10.2. The van der Waals surface area contributed by atoms with Crippen molar-refractivity contribution < 1.29 is 8.42 Å². The largest absolute Gasteiger partial charge is 0.274 e. The maximum absolute atomic E-state index is 13.3. The Morgan fingerprint density at radius 2 is 1.70 bits per heavy atom. The third-order valence-corrected chi connectivity index (χ3v) is 6.17. The van der Waals surface area contributed by atoms with Crippen LogP contribution in [0.5, 0.6) is 0 Å². The molecule has 0 bridgehead atoms. The molecule has 0 spiro atoms. The third-order valence-electron chi connectivity index (χ3n) is 4.37. The Balaban J connectivity index is 2.02. The molecular weight excluding hydrogens is 362 g/mol. The number of aromatic nitrogens is 4. The lowest BCUT2D eigenvalue weighted by atomic mass is 10.3. The number of anilines is 1. The van der Waals surface area contributed by atoms with Crippen LogP contribution >= 0.6 is 0 Å². The Hall–Kier alpha value is -3.00. The van der Waals surface area contributed by atoms with Gasteiger partial charge in [0, 0.05) is 6.54 Å². The van der Waals surface area contributed by atoms with E-state index in [4.69, 9.17) is 0 Å². The Bertz CT molecular complexity index is 1220. The summed E-state index contributed by atoms with van der Waals surface area (Å²) in [4.78, 5) is 4.88. The number of fused-ring (bicyclic) bond motifs is 3. The number of para-hydroxylation sites is 2. The minimum Gasteiger partial charge on any atom is -0.274 e. The molecule has 27 heavy (non-hydrogen) atoms. The number of hydrogen-bond donors (Lipinski definition) is 0. The van der Waals surface area contributed by atoms with Crippen LogP contribution in [0.15, 0.2) is 59.5 Å². The van der Waals surface area contributed by atoms with Gasteiger partial charge in [-0.3, -0.25) is 4.40 Å². The van der Waals surface area contributed by atoms with Crippen molar-refractivity contribution in [3.05, 3.63) is 60.4 Å². The van der Waals surface area contributed by atoms with Gasteiger partial charge in [0.2, 0.25) is 5.65 Å². The number of sulfonamides is 1. The van der Waals surface area contributed by atoms with Crippen molar-refractivity contribution in [1.82, 2.24) is 19.6 Å². The van der Waals surface area contributed by atoms with Crippen molar-refractivity contribution in [2.75, 3.05) is 10.8 Å². The highest BCUT2D eigenvalue weighted by Crippen LogP contribution is 2.29. The van der Waals surface area contributed by atoms with Gasteiger partial charge in [-0.05, 0) is 37.6 Å². The molecule has 0 atom stereocenters. The predicted molar refractivity (Wildman–Crippen MR) is 104 cm³/mol. The zero-order valence-electron chi connectivity index (χ0n) is 15.1. The van der Waals surface area contributed by atoms with Gasteiger partial charge >= 0.3 is 0 Å². The molecule has 0 amide bonds. The molecule has 8 heteroatoms. The second-order valence-corrected chi connectivity index (χ2v) is 8.08. The second kappa shape index (κ2) is 6.62. The van der Waals surface area contributed by atoms with Gasteiger partial charge in [-0.2, -0.15) is 0 Å². The summed E-state index contributed by atoms with van der Waals surface area (Å²) in [6, 6.07) is 16.0. The first-order valence-electron chi connectivity index (χ1n) is 8.72. The molecule has 4 aromatic rings. The lowest BCUT2D eigenvalue weighted by Gasteiger charge is -2.23. The Morgan fingerprint density at radius 1 is 1.00 bits per heavy atom. The van der Waals surface area contributed by atoms with Gasteiger partial charge in [0.15, 0.2) is 5.82 Å². The quantitative estimate of drug-likeness (QED) is 0.530. The summed E-state index contributed by atoms with van der Waals surface area (Å²) in [7, 11) is -3.78. The Morgan fingerprint density at radius 3 is 2.44 bits per heavy atom. The number of nitrogens with zero attached hydrogens (tertiary/aromatic N) is 5. The molecule has 7 nitrogen and oxygen atoms in total. The molecule has 2 heterocycles. The average Bonchev–Trinajstić information content (AvgIpc) is 3.08. The van der Waals surface area contributed by atoms with Crippen LogP contribution in [0.2, 0.25) is 0 Å². The van der Waals surface area contributed by atoms with Gasteiger partial charge in [0.1, 0.15) is 5.82 Å². The first kappa shape index (κ1) is 17.4. The van der Waals surface area contributed by atoms with Gasteiger partial charge in [-0.15, -0.1) is 10.2 Å². The van der Waals surface area contributed by atoms with E-state index < -0.39 is 10.0 Å². The van der Waals surface area contributed by atoms with Crippen LogP contribution in [-0.2, 0) is 10.0 Å². The number of rotatable bonds is 5. The molecule has 0 aliphatic carbocycles. The van der Waals surface area contributed by atoms with Gasteiger partial charge in [0.25, 0.3) is 10.0 Å². The maximum Gasteiger partial charge on any atom is 0.265 e. The molecule has 138 valence electrons. The van der Waals surface area contributed by atoms with E-state index in [1.54, 1.807) is 30.3 Å². The van der Waals surface area contributed by atoms with Gasteiger partial charge < -0.3 is 0 Å². The molecule has 0 saturated carbocycles. The molecule has 0 N–H and O–H groups in total. The standard InChI is InChI=1S/C19H19N5O2S/c1-3-13-23(27(25,26)15-9-5-4-6-10-15)18-19-22-21-14(2)24(19)17-12-8-7-11-16(17)20-18/h4-12H,3,13H2,1-2H3. The molecule has 0 aliphatic heterocycles. The summed E-state index contributed by atoms with van der Waals surface area (Å²) in [6.07, 6.45) is 0.639. The number of benzene rings is 2. The zero-order valence-corrected chi connectivity index (χ0v) is 15.9. The van der Waals surface area contributed by atoms with Crippen molar-refractivity contribution in [3.63, 3.8) is 0 Å². The summed E-state index contributed by atoms with van der Waals surface area (Å²) in [5.74, 6) is 0.971. The monoisotopic (exact) mass is 381 g/mol. The smallest absolute Gasteiger partial charge is 0.265 e. The van der Waals surface area contributed by atoms with E-state index in [1.165, 1.54) is 4.31 Å². The third kappa shape index (κ3) is 2.82. The SMILES string of the molecule is CCCN(c1nc2ccccc2n2c(C)nnc12)S(=O)(=O)c1ccccc1. The van der Waals surface area contributed by atoms with E-state index >= 15 is 0 Å². The van der Waals surface area contributed by atoms with E-state index in [0.717, 1.165) is 5.52 Å². The second-order valence-electron chi connectivity index (χ2n) is 6.22. The minimum absolute atomic E-state index is 0.225. The van der Waals surface area contributed by atoms with Crippen molar-refractivity contribution in [2.24, 2.45) is 0 Å². The van der Waals surface area contributed by atoms with E-state index in [1.807, 2.05) is 42.5 Å². The van der Waals surface area contributed by atoms with E-state index in [0.29, 0.717) is 35.8 Å². The Kier molecular flexibility index (Phi) is 4.27. The van der Waals surface area contributed by atoms with Crippen LogP contribution in [0.1, 0.15) is 19.2 Å². The van der Waals surface area contributed by atoms with Gasteiger partial charge in [-0.25, -0.2) is 17.7 Å². The first-order chi connectivity index (χ1) is 13.0. The zero-order chi connectivity index (χ0) is 19.0. The summed E-state index contributed by atoms with van der Waals surface area (Å²) < 4.78 is 29.9. The molecule has 0 fully saturated rings. The summed E-state index contributed by atoms with van der Waals surface area (Å²) in [5.41, 5.74) is 1.96. The van der Waals surface area contributed by atoms with Crippen molar-refractivity contribution >= 4 is 32.5 Å². The summed E-state index contributed by atoms with van der Waals surface area (Å²) >= 11 is 0. The summed E-state index contributed by atoms with van der Waals surface area (Å²) in [5, 5.41) is 8.38. The molecule has 2 aromatic heterocycles. The maximum atomic E-state index is 13.3. The highest BCUT2D eigenvalue weighted by Gasteiger charge is 2.29. The van der Waals surface area contributed by atoms with E-state index in [2.05, 4.69) is 15.2 Å². The Labute approximate surface area is 157 Å². The highest BCUT2D eigenvalue weighted by atomic mass is 32.2. The molecule has 0 unspecified atom stereocenters. The molecule has 0 aliphatic rings. The fraction of sp³-hybridized carbons (Fsp3) is 0.211. The minimum atomic E-state index is -3.78. The van der Waals surface area contributed by atoms with E-state index in [9.17, 15) is 8.42 Å². The van der Waals surface area contributed by atoms with Gasteiger partial charge in [0.05, 0.1) is 15.9 Å². The molecular formula is C19H19N5O2S. The van der Waals surface area contributed by atoms with Crippen LogP contribution < -0.4 is 4.31 Å².